The Hall–Kier alpha value is -3.48. The number of carbonyl (C=O) groups is 1. The van der Waals surface area contributed by atoms with Gasteiger partial charge in [-0.05, 0) is 67.0 Å². The number of benzene rings is 2. The Labute approximate surface area is 221 Å². The van der Waals surface area contributed by atoms with Crippen LogP contribution in [0, 0.1) is 23.1 Å². The lowest BCUT2D eigenvalue weighted by atomic mass is 9.71. The van der Waals surface area contributed by atoms with Crippen LogP contribution in [0.2, 0.25) is 0 Å². The molecule has 1 heterocycles. The van der Waals surface area contributed by atoms with Crippen molar-refractivity contribution >= 4 is 17.0 Å². The second kappa shape index (κ2) is 11.9. The van der Waals surface area contributed by atoms with Gasteiger partial charge in [0.1, 0.15) is 11.9 Å². The molecule has 3 aromatic rings. The van der Waals surface area contributed by atoms with Crippen molar-refractivity contribution in [1.82, 2.24) is 9.88 Å². The summed E-state index contributed by atoms with van der Waals surface area (Å²) in [6.45, 7) is 5.16. The molecule has 1 amide bonds. The maximum atomic E-state index is 15.1. The molecule has 2 atom stereocenters. The summed E-state index contributed by atoms with van der Waals surface area (Å²) in [5, 5.41) is 12.3. The van der Waals surface area contributed by atoms with Crippen LogP contribution in [0.3, 0.4) is 0 Å². The number of unbranched alkanes of at least 4 members (excludes halogenated alkanes) is 1. The van der Waals surface area contributed by atoms with Gasteiger partial charge >= 0.3 is 5.76 Å². The molecule has 3 N–H and O–H groups in total. The van der Waals surface area contributed by atoms with Gasteiger partial charge in [0.2, 0.25) is 5.91 Å². The number of nitriles is 1. The van der Waals surface area contributed by atoms with E-state index in [-0.39, 0.29) is 18.2 Å². The fourth-order valence-electron chi connectivity index (χ4n) is 4.71. The monoisotopic (exact) mass is 522 g/mol. The summed E-state index contributed by atoms with van der Waals surface area (Å²) in [5.74, 6) is -1.25. The second-order valence-electron chi connectivity index (χ2n) is 10.2. The third-order valence-corrected chi connectivity index (χ3v) is 7.48. The molecular formula is C29H35FN4O4. The van der Waals surface area contributed by atoms with Crippen molar-refractivity contribution in [3.63, 3.8) is 0 Å². The molecule has 0 spiro atoms. The molecule has 0 aliphatic heterocycles. The highest BCUT2D eigenvalue weighted by Crippen LogP contribution is 2.35. The fourth-order valence-corrected chi connectivity index (χ4v) is 4.71. The van der Waals surface area contributed by atoms with E-state index in [0.717, 1.165) is 32.1 Å². The van der Waals surface area contributed by atoms with E-state index in [2.05, 4.69) is 18.3 Å². The molecule has 0 saturated heterocycles. The average Bonchev–Trinajstić information content (AvgIpc) is 3.17. The van der Waals surface area contributed by atoms with Crippen molar-refractivity contribution < 1.29 is 18.3 Å². The van der Waals surface area contributed by atoms with E-state index in [1.807, 2.05) is 0 Å². The molecule has 0 bridgehead atoms. The van der Waals surface area contributed by atoms with Crippen LogP contribution in [0.4, 0.5) is 4.39 Å². The first kappa shape index (κ1) is 27.6. The molecule has 1 aliphatic carbocycles. The summed E-state index contributed by atoms with van der Waals surface area (Å²) in [5.41, 5.74) is 7.90. The minimum absolute atomic E-state index is 0.0213. The number of nitrogens with two attached hydrogens (primary N) is 1. The first-order valence-corrected chi connectivity index (χ1v) is 13.2. The van der Waals surface area contributed by atoms with Crippen molar-refractivity contribution in [2.24, 2.45) is 11.7 Å². The highest BCUT2D eigenvalue weighted by atomic mass is 19.1. The predicted molar refractivity (Wildman–Crippen MR) is 143 cm³/mol. The van der Waals surface area contributed by atoms with E-state index in [4.69, 9.17) is 14.9 Å². The number of ether oxygens (including phenoxy) is 1. The van der Waals surface area contributed by atoms with Crippen LogP contribution < -0.4 is 16.8 Å². The summed E-state index contributed by atoms with van der Waals surface area (Å²) < 4.78 is 27.6. The Morgan fingerprint density at radius 1 is 1.29 bits per heavy atom. The van der Waals surface area contributed by atoms with E-state index in [1.54, 1.807) is 37.3 Å². The number of aromatic nitrogens is 1. The van der Waals surface area contributed by atoms with Gasteiger partial charge in [-0.2, -0.15) is 5.26 Å². The molecule has 9 heteroatoms. The number of rotatable bonds is 12. The van der Waals surface area contributed by atoms with Crippen molar-refractivity contribution in [2.75, 3.05) is 13.2 Å². The van der Waals surface area contributed by atoms with Crippen molar-refractivity contribution in [3.05, 3.63) is 58.3 Å². The third-order valence-electron chi connectivity index (χ3n) is 7.48. The summed E-state index contributed by atoms with van der Waals surface area (Å²) in [6, 6.07) is 11.2. The summed E-state index contributed by atoms with van der Waals surface area (Å²) in [4.78, 5) is 25.1. The number of amides is 1. The first-order valence-electron chi connectivity index (χ1n) is 13.2. The van der Waals surface area contributed by atoms with E-state index >= 15 is 4.39 Å². The van der Waals surface area contributed by atoms with Gasteiger partial charge < -0.3 is 20.2 Å². The number of nitrogens with one attached hydrogen (secondary N) is 1. The first-order chi connectivity index (χ1) is 18.2. The van der Waals surface area contributed by atoms with Gasteiger partial charge in [0.25, 0.3) is 0 Å². The molecule has 1 saturated carbocycles. The zero-order valence-electron chi connectivity index (χ0n) is 22.0. The zero-order valence-corrected chi connectivity index (χ0v) is 22.0. The summed E-state index contributed by atoms with van der Waals surface area (Å²) in [6.07, 6.45) is 4.84. The number of hydrogen-bond donors (Lipinski definition) is 2. The maximum Gasteiger partial charge on any atom is 0.420 e. The van der Waals surface area contributed by atoms with Crippen LogP contribution in [0.25, 0.3) is 22.2 Å². The Bertz CT molecular complexity index is 1380. The normalized spacial score (nSPS) is 16.0. The molecular weight excluding hydrogens is 487 g/mol. The quantitative estimate of drug-likeness (QED) is 0.342. The van der Waals surface area contributed by atoms with Crippen LogP contribution in [0.15, 0.2) is 45.6 Å². The maximum absolute atomic E-state index is 15.1. The molecule has 1 unspecified atom stereocenters. The van der Waals surface area contributed by atoms with Gasteiger partial charge in [0, 0.05) is 13.0 Å². The molecule has 4 rings (SSSR count). The fraction of sp³-hybridized carbons (Fsp3) is 0.483. The topological polar surface area (TPSA) is 123 Å². The minimum Gasteiger partial charge on any atom is -0.408 e. The van der Waals surface area contributed by atoms with Crippen molar-refractivity contribution in [2.45, 2.75) is 70.5 Å². The van der Waals surface area contributed by atoms with Gasteiger partial charge in [-0.15, -0.1) is 0 Å². The van der Waals surface area contributed by atoms with E-state index in [1.165, 1.54) is 10.6 Å². The van der Waals surface area contributed by atoms with Crippen LogP contribution in [-0.2, 0) is 22.5 Å². The predicted octanol–water partition coefficient (Wildman–Crippen LogP) is 4.29. The van der Waals surface area contributed by atoms with Crippen LogP contribution in [0.5, 0.6) is 0 Å². The Balaban J connectivity index is 1.47. The highest BCUT2D eigenvalue weighted by molar-refractivity contribution is 5.86. The summed E-state index contributed by atoms with van der Waals surface area (Å²) in [7, 11) is 0. The highest BCUT2D eigenvalue weighted by Gasteiger charge is 2.41. The van der Waals surface area contributed by atoms with E-state index < -0.39 is 23.2 Å². The largest absolute Gasteiger partial charge is 0.420 e. The van der Waals surface area contributed by atoms with Gasteiger partial charge in [-0.3, -0.25) is 9.36 Å². The van der Waals surface area contributed by atoms with Crippen LogP contribution >= 0.6 is 0 Å². The minimum atomic E-state index is -1.05. The van der Waals surface area contributed by atoms with Crippen molar-refractivity contribution in [3.8, 4) is 17.2 Å². The molecule has 0 radical (unpaired) electrons. The SMILES string of the molecule is CCCCOCCn1c(=O)oc2ccc(-c3ccc(C[C@@H](C#N)NC(=O)C(C)(N)C4CCC4)c(F)c3)cc21. The molecule has 2 aromatic carbocycles. The average molecular weight is 523 g/mol. The third kappa shape index (κ3) is 5.98. The van der Waals surface area contributed by atoms with Crippen molar-refractivity contribution in [1.29, 1.82) is 5.26 Å². The molecule has 1 fully saturated rings. The molecule has 202 valence electrons. The number of nitrogens with zero attached hydrogens (tertiary/aromatic N) is 2. The van der Waals surface area contributed by atoms with Gasteiger partial charge in [0.15, 0.2) is 5.58 Å². The number of hydrogen-bond acceptors (Lipinski definition) is 6. The van der Waals surface area contributed by atoms with E-state index in [9.17, 15) is 14.9 Å². The standard InChI is InChI=1S/C29H35FN4O4/c1-3-4-13-37-14-12-34-25-17-20(10-11-26(25)38-28(34)36)19-8-9-21(24(30)16-19)15-23(18-31)33-27(35)29(2,32)22-6-5-7-22/h8-11,16-17,22-23H,3-7,12-15,32H2,1-2H3,(H,33,35)/t23-,29?/m0/s1. The van der Waals surface area contributed by atoms with Crippen LogP contribution in [-0.4, -0.2) is 35.3 Å². The van der Waals surface area contributed by atoms with E-state index in [0.29, 0.717) is 47.5 Å². The lowest BCUT2D eigenvalue weighted by Gasteiger charge is -2.39. The molecule has 1 aliphatic rings. The number of fused-ring (bicyclic) bond motifs is 1. The lowest BCUT2D eigenvalue weighted by molar-refractivity contribution is -0.129. The van der Waals surface area contributed by atoms with Crippen LogP contribution in [0.1, 0.15) is 51.5 Å². The summed E-state index contributed by atoms with van der Waals surface area (Å²) >= 11 is 0. The second-order valence-corrected chi connectivity index (χ2v) is 10.2. The Morgan fingerprint density at radius 2 is 2.03 bits per heavy atom. The molecule has 8 nitrogen and oxygen atoms in total. The number of halogens is 1. The van der Waals surface area contributed by atoms with Gasteiger partial charge in [-0.25, -0.2) is 9.18 Å². The zero-order chi connectivity index (χ0) is 27.3. The lowest BCUT2D eigenvalue weighted by Crippen LogP contribution is -2.60. The Kier molecular flexibility index (Phi) is 8.65. The van der Waals surface area contributed by atoms with Gasteiger partial charge in [-0.1, -0.05) is 38.0 Å². The molecule has 1 aromatic heterocycles. The Morgan fingerprint density at radius 3 is 2.68 bits per heavy atom. The smallest absolute Gasteiger partial charge is 0.408 e. The number of oxazole rings is 1. The number of carbonyl (C=O) groups excluding carboxylic acids is 1. The van der Waals surface area contributed by atoms with Gasteiger partial charge in [0.05, 0.1) is 30.3 Å². The molecule has 38 heavy (non-hydrogen) atoms.